The van der Waals surface area contributed by atoms with E-state index in [-0.39, 0.29) is 12.7 Å². The summed E-state index contributed by atoms with van der Waals surface area (Å²) in [6, 6.07) is 0. The number of carboxylic acid groups (broad SMARTS) is 2. The first-order valence-corrected chi connectivity index (χ1v) is 5.17. The second-order valence-corrected chi connectivity index (χ2v) is 4.44. The fourth-order valence-corrected chi connectivity index (χ4v) is 0.187. The number of carboxylic acids is 2. The molecule has 0 rings (SSSR count). The van der Waals surface area contributed by atoms with Crippen molar-refractivity contribution in [1.82, 2.24) is 0 Å². The summed E-state index contributed by atoms with van der Waals surface area (Å²) < 4.78 is 0. The molecule has 0 aromatic rings. The van der Waals surface area contributed by atoms with Crippen molar-refractivity contribution in [2.75, 3.05) is 6.61 Å². The highest BCUT2D eigenvalue weighted by Crippen LogP contribution is 2.11. The van der Waals surface area contributed by atoms with Gasteiger partial charge in [0.2, 0.25) is 0 Å². The lowest BCUT2D eigenvalue weighted by Gasteiger charge is -2.08. The molecule has 0 saturated carbocycles. The highest BCUT2D eigenvalue weighted by molar-refractivity contribution is 5.72. The van der Waals surface area contributed by atoms with Crippen LogP contribution in [0.1, 0.15) is 41.0 Å². The summed E-state index contributed by atoms with van der Waals surface area (Å²) >= 11 is 0. The summed E-state index contributed by atoms with van der Waals surface area (Å²) in [6.07, 6.45) is 0.134. The number of carbonyl (C=O) groups is 2. The number of aliphatic carboxylic acids is 2. The minimum atomic E-state index is -0.833. The molecule has 4 N–H and O–H groups in total. The van der Waals surface area contributed by atoms with Crippen molar-refractivity contribution in [3.8, 4) is 0 Å². The van der Waals surface area contributed by atoms with Gasteiger partial charge in [0.15, 0.2) is 0 Å². The number of aliphatic hydroxyl groups is 2. The van der Waals surface area contributed by atoms with Crippen LogP contribution in [0.2, 0.25) is 0 Å². The molecular formula is C11H24O6. The van der Waals surface area contributed by atoms with Gasteiger partial charge in [-0.3, -0.25) is 9.59 Å². The van der Waals surface area contributed by atoms with E-state index < -0.39 is 17.4 Å². The fourth-order valence-electron chi connectivity index (χ4n) is 0.187. The second-order valence-electron chi connectivity index (χ2n) is 4.44. The van der Waals surface area contributed by atoms with Crippen LogP contribution in [0.15, 0.2) is 0 Å². The second kappa shape index (κ2) is 11.3. The van der Waals surface area contributed by atoms with Gasteiger partial charge in [-0.2, -0.15) is 0 Å². The van der Waals surface area contributed by atoms with E-state index in [9.17, 15) is 4.79 Å². The Morgan fingerprint density at radius 3 is 1.41 bits per heavy atom. The fraction of sp³-hybridized carbons (Fsp3) is 0.818. The van der Waals surface area contributed by atoms with Crippen LogP contribution in [0.3, 0.4) is 0 Å². The Balaban J connectivity index is -0.000000180. The summed E-state index contributed by atoms with van der Waals surface area (Å²) in [5.74, 6) is -1.59. The van der Waals surface area contributed by atoms with E-state index in [0.29, 0.717) is 6.42 Å². The van der Waals surface area contributed by atoms with Gasteiger partial charge in [-0.1, -0.05) is 0 Å². The third-order valence-electron chi connectivity index (χ3n) is 1.19. The van der Waals surface area contributed by atoms with E-state index in [1.165, 1.54) is 0 Å². The molecule has 0 saturated heterocycles. The van der Waals surface area contributed by atoms with Crippen LogP contribution >= 0.6 is 0 Å². The van der Waals surface area contributed by atoms with Crippen LogP contribution in [0.25, 0.3) is 0 Å². The molecule has 0 aromatic heterocycles. The van der Waals surface area contributed by atoms with Gasteiger partial charge >= 0.3 is 5.97 Å². The molecule has 17 heavy (non-hydrogen) atoms. The maximum Gasteiger partial charge on any atom is 0.308 e. The lowest BCUT2D eigenvalue weighted by Crippen LogP contribution is -2.18. The molecule has 1 unspecified atom stereocenters. The SMILES string of the molecule is CC(=O)O.CC(C)(C)C(=O)O.CC(O)CCO. The molecule has 0 bridgehead atoms. The van der Waals surface area contributed by atoms with Crippen LogP contribution in [0.4, 0.5) is 0 Å². The van der Waals surface area contributed by atoms with Crippen LogP contribution in [0.5, 0.6) is 0 Å². The largest absolute Gasteiger partial charge is 0.481 e. The maximum absolute atomic E-state index is 10.0. The quantitative estimate of drug-likeness (QED) is 0.582. The number of rotatable bonds is 2. The topological polar surface area (TPSA) is 115 Å². The van der Waals surface area contributed by atoms with Crippen molar-refractivity contribution < 1.29 is 30.0 Å². The Morgan fingerprint density at radius 2 is 1.41 bits per heavy atom. The van der Waals surface area contributed by atoms with E-state index in [2.05, 4.69) is 0 Å². The predicted octanol–water partition coefficient (Wildman–Crippen LogP) is 0.958. The first kappa shape index (κ1) is 21.2. The lowest BCUT2D eigenvalue weighted by molar-refractivity contribution is -0.145. The number of hydrogen-bond acceptors (Lipinski definition) is 4. The van der Waals surface area contributed by atoms with Crippen molar-refractivity contribution >= 4 is 11.9 Å². The summed E-state index contributed by atoms with van der Waals surface area (Å²) in [7, 11) is 0. The highest BCUT2D eigenvalue weighted by atomic mass is 16.4. The average molecular weight is 252 g/mol. The zero-order valence-electron chi connectivity index (χ0n) is 11.1. The van der Waals surface area contributed by atoms with Crippen LogP contribution in [-0.4, -0.2) is 45.1 Å². The Hall–Kier alpha value is -1.14. The molecule has 0 aliphatic rings. The van der Waals surface area contributed by atoms with Crippen molar-refractivity contribution in [2.24, 2.45) is 5.41 Å². The van der Waals surface area contributed by atoms with Gasteiger partial charge < -0.3 is 20.4 Å². The molecule has 1 atom stereocenters. The van der Waals surface area contributed by atoms with Gasteiger partial charge in [0.05, 0.1) is 11.5 Å². The highest BCUT2D eigenvalue weighted by Gasteiger charge is 2.18. The molecule has 0 fully saturated rings. The molecule has 0 aromatic carbocycles. The molecule has 6 heteroatoms. The normalized spacial score (nSPS) is 11.2. The van der Waals surface area contributed by atoms with Crippen LogP contribution < -0.4 is 0 Å². The first-order chi connectivity index (χ1) is 7.45. The summed E-state index contributed by atoms with van der Waals surface area (Å²) in [4.78, 5) is 19.0. The summed E-state index contributed by atoms with van der Waals surface area (Å²) in [5, 5.41) is 32.1. The van der Waals surface area contributed by atoms with E-state index in [1.54, 1.807) is 27.7 Å². The van der Waals surface area contributed by atoms with E-state index >= 15 is 0 Å². The van der Waals surface area contributed by atoms with Crippen molar-refractivity contribution in [3.05, 3.63) is 0 Å². The molecule has 104 valence electrons. The molecular weight excluding hydrogens is 228 g/mol. The molecule has 0 aliphatic carbocycles. The Bertz CT molecular complexity index is 200. The first-order valence-electron chi connectivity index (χ1n) is 5.17. The average Bonchev–Trinajstić information content (AvgIpc) is 2.01. The minimum Gasteiger partial charge on any atom is -0.481 e. The van der Waals surface area contributed by atoms with Crippen LogP contribution in [-0.2, 0) is 9.59 Å². The monoisotopic (exact) mass is 252 g/mol. The van der Waals surface area contributed by atoms with Gasteiger partial charge in [-0.15, -0.1) is 0 Å². The Kier molecular flexibility index (Phi) is 14.1. The maximum atomic E-state index is 10.0. The molecule has 0 heterocycles. The standard InChI is InChI=1S/C5H10O2.C4H10O2.C2H4O2/c1-5(2,3)4(6)7;1-4(6)2-3-5;1-2(3)4/h1-3H3,(H,6,7);4-6H,2-3H2,1H3;1H3,(H,3,4). The molecule has 0 aliphatic heterocycles. The van der Waals surface area contributed by atoms with Gasteiger partial charge in [0.25, 0.3) is 5.97 Å². The van der Waals surface area contributed by atoms with E-state index in [0.717, 1.165) is 6.92 Å². The van der Waals surface area contributed by atoms with Crippen molar-refractivity contribution in [2.45, 2.75) is 47.1 Å². The van der Waals surface area contributed by atoms with Gasteiger partial charge in [0.1, 0.15) is 0 Å². The summed E-state index contributed by atoms with van der Waals surface area (Å²) in [6.45, 7) is 7.80. The minimum absolute atomic E-state index is 0.0810. The Morgan fingerprint density at radius 1 is 1.18 bits per heavy atom. The Labute approximate surface area is 102 Å². The van der Waals surface area contributed by atoms with E-state index in [4.69, 9.17) is 25.2 Å². The number of hydrogen-bond donors (Lipinski definition) is 4. The predicted molar refractivity (Wildman–Crippen MR) is 63.8 cm³/mol. The van der Waals surface area contributed by atoms with Gasteiger partial charge in [0, 0.05) is 13.5 Å². The van der Waals surface area contributed by atoms with Gasteiger partial charge in [-0.25, -0.2) is 0 Å². The number of aliphatic hydroxyl groups excluding tert-OH is 2. The molecule has 0 amide bonds. The van der Waals surface area contributed by atoms with Crippen molar-refractivity contribution in [3.63, 3.8) is 0 Å². The lowest BCUT2D eigenvalue weighted by atomic mass is 9.98. The third kappa shape index (κ3) is 39.8. The summed E-state index contributed by atoms with van der Waals surface area (Å²) in [5.41, 5.74) is -0.583. The third-order valence-corrected chi connectivity index (χ3v) is 1.19. The van der Waals surface area contributed by atoms with Crippen molar-refractivity contribution in [1.29, 1.82) is 0 Å². The van der Waals surface area contributed by atoms with E-state index in [1.807, 2.05) is 0 Å². The molecule has 0 spiro atoms. The van der Waals surface area contributed by atoms with Gasteiger partial charge in [-0.05, 0) is 34.1 Å². The molecule has 0 radical (unpaired) electrons. The zero-order valence-corrected chi connectivity index (χ0v) is 11.1. The molecule has 6 nitrogen and oxygen atoms in total. The smallest absolute Gasteiger partial charge is 0.308 e. The zero-order chi connectivity index (χ0) is 14.6. The van der Waals surface area contributed by atoms with Crippen LogP contribution in [0, 0.1) is 5.41 Å².